The quantitative estimate of drug-likeness (QED) is 0.408. The molecule has 0 fully saturated rings. The molecule has 0 saturated carbocycles. The summed E-state index contributed by atoms with van der Waals surface area (Å²) in [7, 11) is 0. The zero-order valence-corrected chi connectivity index (χ0v) is 14.8. The van der Waals surface area contributed by atoms with Crippen LogP contribution in [0, 0.1) is 10.1 Å². The number of nitrogens with zero attached hydrogens (tertiary/aromatic N) is 1. The van der Waals surface area contributed by atoms with Gasteiger partial charge in [-0.3, -0.25) is 14.9 Å². The standard InChI is InChI=1S/C23H16N2O3/c26-23-20(13-16-5-4-8-21(14-16)25(27)28)15-22(24-23)19-11-9-18(10-12-19)17-6-2-1-3-7-17/h1-15H,(H,24,26)/b20-13+. The van der Waals surface area contributed by atoms with Crippen LogP contribution in [-0.2, 0) is 4.79 Å². The minimum Gasteiger partial charge on any atom is -0.321 e. The Morgan fingerprint density at radius 2 is 1.50 bits per heavy atom. The summed E-state index contributed by atoms with van der Waals surface area (Å²) in [5, 5.41) is 13.8. The fourth-order valence-electron chi connectivity index (χ4n) is 3.09. The zero-order valence-electron chi connectivity index (χ0n) is 14.8. The van der Waals surface area contributed by atoms with Gasteiger partial charge in [0, 0.05) is 23.4 Å². The summed E-state index contributed by atoms with van der Waals surface area (Å²) >= 11 is 0. The number of carbonyl (C=O) groups excluding carboxylic acids is 1. The van der Waals surface area contributed by atoms with Gasteiger partial charge in [-0.2, -0.15) is 0 Å². The first kappa shape index (κ1) is 17.4. The molecular formula is C23H16N2O3. The third-order valence-electron chi connectivity index (χ3n) is 4.52. The van der Waals surface area contributed by atoms with E-state index in [0.29, 0.717) is 16.8 Å². The predicted molar refractivity (Wildman–Crippen MR) is 109 cm³/mol. The Hall–Kier alpha value is -3.99. The summed E-state index contributed by atoms with van der Waals surface area (Å²) in [6.07, 6.45) is 3.41. The van der Waals surface area contributed by atoms with Gasteiger partial charge < -0.3 is 5.32 Å². The van der Waals surface area contributed by atoms with E-state index in [0.717, 1.165) is 16.7 Å². The van der Waals surface area contributed by atoms with Gasteiger partial charge in [-0.25, -0.2) is 0 Å². The molecule has 3 aromatic carbocycles. The van der Waals surface area contributed by atoms with Crippen molar-refractivity contribution in [2.24, 2.45) is 0 Å². The van der Waals surface area contributed by atoms with Crippen LogP contribution >= 0.6 is 0 Å². The number of amides is 1. The van der Waals surface area contributed by atoms with Crippen molar-refractivity contribution in [3.63, 3.8) is 0 Å². The number of benzene rings is 3. The van der Waals surface area contributed by atoms with Crippen molar-refractivity contribution in [3.8, 4) is 11.1 Å². The molecule has 0 aliphatic carbocycles. The van der Waals surface area contributed by atoms with Gasteiger partial charge >= 0.3 is 0 Å². The topological polar surface area (TPSA) is 72.2 Å². The maximum atomic E-state index is 12.3. The highest BCUT2D eigenvalue weighted by Gasteiger charge is 2.19. The van der Waals surface area contributed by atoms with Crippen LogP contribution in [0.25, 0.3) is 22.9 Å². The van der Waals surface area contributed by atoms with E-state index in [1.165, 1.54) is 12.1 Å². The Bertz CT molecular complexity index is 1110. The minimum atomic E-state index is -0.452. The van der Waals surface area contributed by atoms with E-state index in [1.807, 2.05) is 54.6 Å². The van der Waals surface area contributed by atoms with Gasteiger partial charge in [-0.1, -0.05) is 66.7 Å². The number of hydrogen-bond donors (Lipinski definition) is 1. The SMILES string of the molecule is O=C1NC(c2ccc(-c3ccccc3)cc2)=C/C1=C\c1cccc([N+](=O)[O-])c1. The lowest BCUT2D eigenvalue weighted by molar-refractivity contribution is -0.384. The van der Waals surface area contributed by atoms with Crippen LogP contribution in [0.15, 0.2) is 90.5 Å². The van der Waals surface area contributed by atoms with Gasteiger partial charge in [0.25, 0.3) is 11.6 Å². The third kappa shape index (κ3) is 3.59. The second kappa shape index (κ2) is 7.32. The molecule has 1 heterocycles. The summed E-state index contributed by atoms with van der Waals surface area (Å²) in [6.45, 7) is 0. The molecule has 4 rings (SSSR count). The third-order valence-corrected chi connectivity index (χ3v) is 4.52. The molecule has 5 heteroatoms. The summed E-state index contributed by atoms with van der Waals surface area (Å²) in [6, 6.07) is 24.2. The Morgan fingerprint density at radius 3 is 2.21 bits per heavy atom. The Labute approximate surface area is 161 Å². The van der Waals surface area contributed by atoms with Gasteiger partial charge in [0.15, 0.2) is 0 Å². The van der Waals surface area contributed by atoms with E-state index in [2.05, 4.69) is 5.32 Å². The van der Waals surface area contributed by atoms with E-state index in [9.17, 15) is 14.9 Å². The molecule has 0 unspecified atom stereocenters. The van der Waals surface area contributed by atoms with Crippen molar-refractivity contribution in [2.75, 3.05) is 0 Å². The monoisotopic (exact) mass is 368 g/mol. The molecule has 136 valence electrons. The second-order valence-electron chi connectivity index (χ2n) is 6.41. The first-order valence-corrected chi connectivity index (χ1v) is 8.75. The highest BCUT2D eigenvalue weighted by molar-refractivity contribution is 6.10. The van der Waals surface area contributed by atoms with Crippen molar-refractivity contribution in [3.05, 3.63) is 112 Å². The van der Waals surface area contributed by atoms with E-state index in [-0.39, 0.29) is 11.6 Å². The van der Waals surface area contributed by atoms with Crippen molar-refractivity contribution in [2.45, 2.75) is 0 Å². The van der Waals surface area contributed by atoms with Gasteiger partial charge in [0.1, 0.15) is 0 Å². The summed E-state index contributed by atoms with van der Waals surface area (Å²) in [5.41, 5.74) is 4.90. The molecule has 1 amide bonds. The first-order valence-electron chi connectivity index (χ1n) is 8.75. The van der Waals surface area contributed by atoms with Crippen molar-refractivity contribution in [1.29, 1.82) is 0 Å². The lowest BCUT2D eigenvalue weighted by Crippen LogP contribution is -2.15. The molecule has 1 N–H and O–H groups in total. The number of carbonyl (C=O) groups is 1. The molecule has 3 aromatic rings. The summed E-state index contributed by atoms with van der Waals surface area (Å²) in [4.78, 5) is 22.8. The van der Waals surface area contributed by atoms with Gasteiger partial charge in [-0.15, -0.1) is 0 Å². The van der Waals surface area contributed by atoms with Crippen LogP contribution < -0.4 is 5.32 Å². The average molecular weight is 368 g/mol. The molecule has 0 aromatic heterocycles. The smallest absolute Gasteiger partial charge is 0.270 e. The zero-order chi connectivity index (χ0) is 19.5. The molecular weight excluding hydrogens is 352 g/mol. The lowest BCUT2D eigenvalue weighted by Gasteiger charge is -2.05. The number of rotatable bonds is 4. The van der Waals surface area contributed by atoms with Gasteiger partial charge in [-0.05, 0) is 34.4 Å². The van der Waals surface area contributed by atoms with Crippen molar-refractivity contribution >= 4 is 23.4 Å². The van der Waals surface area contributed by atoms with Gasteiger partial charge in [0.2, 0.25) is 0 Å². The van der Waals surface area contributed by atoms with E-state index in [1.54, 1.807) is 24.3 Å². The Morgan fingerprint density at radius 1 is 0.821 bits per heavy atom. The Kier molecular flexibility index (Phi) is 4.56. The fraction of sp³-hybridized carbons (Fsp3) is 0. The van der Waals surface area contributed by atoms with Crippen LogP contribution in [0.2, 0.25) is 0 Å². The molecule has 1 aliphatic heterocycles. The first-order chi connectivity index (χ1) is 13.6. The molecule has 0 bridgehead atoms. The minimum absolute atomic E-state index is 0.00606. The summed E-state index contributed by atoms with van der Waals surface area (Å²) in [5.74, 6) is -0.228. The number of hydrogen-bond acceptors (Lipinski definition) is 3. The highest BCUT2D eigenvalue weighted by atomic mass is 16.6. The normalized spacial score (nSPS) is 14.6. The second-order valence-corrected chi connectivity index (χ2v) is 6.41. The van der Waals surface area contributed by atoms with Crippen LogP contribution in [0.4, 0.5) is 5.69 Å². The fourth-order valence-corrected chi connectivity index (χ4v) is 3.09. The number of nitrogens with one attached hydrogen (secondary N) is 1. The van der Waals surface area contributed by atoms with E-state index >= 15 is 0 Å². The van der Waals surface area contributed by atoms with E-state index < -0.39 is 4.92 Å². The maximum Gasteiger partial charge on any atom is 0.270 e. The number of nitro groups is 1. The van der Waals surface area contributed by atoms with E-state index in [4.69, 9.17) is 0 Å². The molecule has 0 atom stereocenters. The largest absolute Gasteiger partial charge is 0.321 e. The van der Waals surface area contributed by atoms with Crippen LogP contribution in [-0.4, -0.2) is 10.8 Å². The highest BCUT2D eigenvalue weighted by Crippen LogP contribution is 2.26. The van der Waals surface area contributed by atoms with Crippen LogP contribution in [0.3, 0.4) is 0 Å². The van der Waals surface area contributed by atoms with Crippen molar-refractivity contribution < 1.29 is 9.72 Å². The van der Waals surface area contributed by atoms with Gasteiger partial charge in [0.05, 0.1) is 4.92 Å². The number of non-ortho nitro benzene ring substituents is 1. The molecule has 0 spiro atoms. The average Bonchev–Trinajstić information content (AvgIpc) is 3.09. The summed E-state index contributed by atoms with van der Waals surface area (Å²) < 4.78 is 0. The Balaban J connectivity index is 1.61. The van der Waals surface area contributed by atoms with Crippen molar-refractivity contribution in [1.82, 2.24) is 5.32 Å². The van der Waals surface area contributed by atoms with Crippen LogP contribution in [0.1, 0.15) is 11.1 Å². The molecule has 0 saturated heterocycles. The maximum absolute atomic E-state index is 12.3. The molecule has 28 heavy (non-hydrogen) atoms. The molecule has 0 radical (unpaired) electrons. The number of nitro benzene ring substituents is 1. The lowest BCUT2D eigenvalue weighted by atomic mass is 10.0. The predicted octanol–water partition coefficient (Wildman–Crippen LogP) is 4.82. The molecule has 1 aliphatic rings. The van der Waals surface area contributed by atoms with Crippen LogP contribution in [0.5, 0.6) is 0 Å². The molecule has 5 nitrogen and oxygen atoms in total.